The predicted octanol–water partition coefficient (Wildman–Crippen LogP) is 9.68. The van der Waals surface area contributed by atoms with Gasteiger partial charge < -0.3 is 29.7 Å². The smallest absolute Gasteiger partial charge is 0.457 e. The van der Waals surface area contributed by atoms with E-state index in [4.69, 9.17) is 23.6 Å². The molecule has 4 N–H and O–H groups in total. The number of esters is 1. The molecule has 4 atom stereocenters. The van der Waals surface area contributed by atoms with Crippen LogP contribution in [0.2, 0.25) is 0 Å². The fraction of sp³-hybridized carbons (Fsp3) is 0.974. The molecule has 0 aromatic carbocycles. The molecule has 0 bridgehead atoms. The van der Waals surface area contributed by atoms with Crippen LogP contribution in [0.5, 0.6) is 0 Å². The second kappa shape index (κ2) is 35.8. The van der Waals surface area contributed by atoms with E-state index < -0.39 is 52.1 Å². The van der Waals surface area contributed by atoms with Crippen molar-refractivity contribution in [1.82, 2.24) is 0 Å². The number of phosphoric acid groups is 1. The maximum atomic E-state index is 12.6. The van der Waals surface area contributed by atoms with Crippen molar-refractivity contribution in [2.75, 3.05) is 26.4 Å². The third-order valence-corrected chi connectivity index (χ3v) is 9.83. The van der Waals surface area contributed by atoms with Crippen LogP contribution in [-0.4, -0.2) is 71.1 Å². The Kier molecular flexibility index (Phi) is 35.4. The van der Waals surface area contributed by atoms with Gasteiger partial charge in [-0.25, -0.2) is 4.57 Å². The minimum atomic E-state index is -4.58. The Balaban J connectivity index is 4.30. The molecular weight excluding hydrogens is 647 g/mol. The van der Waals surface area contributed by atoms with Gasteiger partial charge in [-0.15, -0.1) is 0 Å². The first-order chi connectivity index (χ1) is 23.7. The Bertz CT molecular complexity index is 756. The number of hydrogen-bond acceptors (Lipinski definition) is 9. The Morgan fingerprint density at radius 3 is 1.39 bits per heavy atom. The van der Waals surface area contributed by atoms with Crippen LogP contribution in [0.4, 0.5) is 0 Å². The van der Waals surface area contributed by atoms with E-state index in [1.165, 1.54) is 122 Å². The molecule has 10 nitrogen and oxygen atoms in total. The van der Waals surface area contributed by atoms with E-state index in [1.54, 1.807) is 0 Å². The lowest BCUT2D eigenvalue weighted by Gasteiger charge is -2.22. The molecule has 0 aromatic heterocycles. The zero-order valence-corrected chi connectivity index (χ0v) is 32.4. The summed E-state index contributed by atoms with van der Waals surface area (Å²) in [6.07, 6.45) is 28.9. The summed E-state index contributed by atoms with van der Waals surface area (Å²) in [5.74, 6) is -0.462. The lowest BCUT2D eigenvalue weighted by Crippen LogP contribution is -2.30. The highest BCUT2D eigenvalue weighted by atomic mass is 31.2. The van der Waals surface area contributed by atoms with Gasteiger partial charge in [-0.05, 0) is 19.3 Å². The third kappa shape index (κ3) is 35.6. The van der Waals surface area contributed by atoms with Crippen LogP contribution in [0.3, 0.4) is 0 Å². The summed E-state index contributed by atoms with van der Waals surface area (Å²) < 4.78 is 32.9. The quantitative estimate of drug-likeness (QED) is 0.0209. The van der Waals surface area contributed by atoms with Gasteiger partial charge in [0.1, 0.15) is 12.2 Å². The van der Waals surface area contributed by atoms with Crippen LogP contribution in [0.25, 0.3) is 0 Å². The summed E-state index contributed by atoms with van der Waals surface area (Å²) in [7, 11) is -4.58. The molecule has 0 aliphatic rings. The molecule has 294 valence electrons. The molecule has 0 aromatic rings. The van der Waals surface area contributed by atoms with Crippen molar-refractivity contribution < 1.29 is 48.1 Å². The van der Waals surface area contributed by atoms with Crippen LogP contribution in [0.15, 0.2) is 0 Å². The van der Waals surface area contributed by atoms with Gasteiger partial charge in [0.05, 0.1) is 26.4 Å². The van der Waals surface area contributed by atoms with Gasteiger partial charge in [-0.3, -0.25) is 13.8 Å². The Morgan fingerprint density at radius 1 is 0.571 bits per heavy atom. The number of carbonyl (C=O) groups is 1. The van der Waals surface area contributed by atoms with Gasteiger partial charge in [-0.2, -0.15) is 0 Å². The second-order valence-electron chi connectivity index (χ2n) is 13.8. The van der Waals surface area contributed by atoms with E-state index >= 15 is 0 Å². The summed E-state index contributed by atoms with van der Waals surface area (Å²) in [4.78, 5) is 22.5. The van der Waals surface area contributed by atoms with E-state index in [2.05, 4.69) is 13.8 Å². The van der Waals surface area contributed by atoms with Crippen LogP contribution in [0.1, 0.15) is 194 Å². The summed E-state index contributed by atoms with van der Waals surface area (Å²) in [6.45, 7) is 2.56. The van der Waals surface area contributed by atoms with Crippen molar-refractivity contribution in [2.24, 2.45) is 0 Å². The maximum Gasteiger partial charge on any atom is 0.472 e. The minimum absolute atomic E-state index is 0.205. The van der Waals surface area contributed by atoms with E-state index in [9.17, 15) is 24.5 Å². The third-order valence-electron chi connectivity index (χ3n) is 8.88. The van der Waals surface area contributed by atoms with Gasteiger partial charge >= 0.3 is 13.8 Å². The van der Waals surface area contributed by atoms with E-state index in [-0.39, 0.29) is 13.0 Å². The Morgan fingerprint density at radius 2 is 0.959 bits per heavy atom. The lowest BCUT2D eigenvalue weighted by atomic mass is 10.0. The van der Waals surface area contributed by atoms with Crippen molar-refractivity contribution in [3.05, 3.63) is 0 Å². The fourth-order valence-electron chi connectivity index (χ4n) is 5.73. The standard InChI is InChI=1S/C38H77O10P/c1-3-5-7-9-11-13-15-17-19-21-23-25-27-29-37(41)45-33-36(34-47-49(43,44)46-32-35(40)31-39)48-38(42)30-28-26-24-22-20-18-16-14-12-10-8-6-4-2/h35-37,39-41H,3-34H2,1-2H3,(H,43,44)/t35-,36+,37?/m0/s1. The zero-order valence-electron chi connectivity index (χ0n) is 31.5. The highest BCUT2D eigenvalue weighted by molar-refractivity contribution is 7.47. The first kappa shape index (κ1) is 48.4. The number of unbranched alkanes of at least 4 members (excludes halogenated alkanes) is 24. The normalized spacial score (nSPS) is 14.8. The molecule has 0 fully saturated rings. The molecule has 0 spiro atoms. The summed E-state index contributed by atoms with van der Waals surface area (Å²) in [5.41, 5.74) is 0. The maximum absolute atomic E-state index is 12.6. The topological polar surface area (TPSA) is 152 Å². The first-order valence-corrected chi connectivity index (χ1v) is 21.6. The number of carbonyl (C=O) groups excluding carboxylic acids is 1. The molecule has 0 radical (unpaired) electrons. The van der Waals surface area contributed by atoms with Crippen molar-refractivity contribution >= 4 is 13.8 Å². The van der Waals surface area contributed by atoms with Gasteiger partial charge in [0.25, 0.3) is 0 Å². The fourth-order valence-corrected chi connectivity index (χ4v) is 6.52. The minimum Gasteiger partial charge on any atom is -0.457 e. The van der Waals surface area contributed by atoms with Gasteiger partial charge in [0.15, 0.2) is 6.29 Å². The number of ether oxygens (including phenoxy) is 2. The van der Waals surface area contributed by atoms with E-state index in [0.717, 1.165) is 38.5 Å². The second-order valence-corrected chi connectivity index (χ2v) is 15.3. The molecule has 0 saturated heterocycles. The van der Waals surface area contributed by atoms with Crippen LogP contribution in [-0.2, 0) is 27.9 Å². The zero-order chi connectivity index (χ0) is 36.3. The molecule has 0 aliphatic heterocycles. The Labute approximate surface area is 300 Å². The molecule has 2 unspecified atom stereocenters. The molecule has 0 heterocycles. The Hall–Kier alpha value is -0.580. The molecule has 0 rings (SSSR count). The van der Waals surface area contributed by atoms with Crippen molar-refractivity contribution in [3.8, 4) is 0 Å². The SMILES string of the molecule is CCCCCCCCCCCCCCCC(=O)O[C@H](COC(O)CCCCCCCCCCCCCCC)COP(=O)(O)OC[C@@H](O)CO. The summed E-state index contributed by atoms with van der Waals surface area (Å²) in [6, 6.07) is 0. The first-order valence-electron chi connectivity index (χ1n) is 20.1. The number of hydrogen-bond donors (Lipinski definition) is 4. The number of aliphatic hydroxyl groups is 3. The van der Waals surface area contributed by atoms with Crippen LogP contribution in [0, 0.1) is 0 Å². The molecule has 0 amide bonds. The van der Waals surface area contributed by atoms with Crippen LogP contribution >= 0.6 is 7.82 Å². The monoisotopic (exact) mass is 725 g/mol. The van der Waals surface area contributed by atoms with Crippen molar-refractivity contribution in [2.45, 2.75) is 212 Å². The molecule has 11 heteroatoms. The highest BCUT2D eigenvalue weighted by Gasteiger charge is 2.27. The largest absolute Gasteiger partial charge is 0.472 e. The predicted molar refractivity (Wildman–Crippen MR) is 197 cm³/mol. The van der Waals surface area contributed by atoms with Gasteiger partial charge in [-0.1, -0.05) is 168 Å². The summed E-state index contributed by atoms with van der Waals surface area (Å²) in [5, 5.41) is 28.7. The van der Waals surface area contributed by atoms with E-state index in [1.807, 2.05) is 0 Å². The number of phosphoric ester groups is 1. The average Bonchev–Trinajstić information content (AvgIpc) is 3.09. The highest BCUT2D eigenvalue weighted by Crippen LogP contribution is 2.43. The van der Waals surface area contributed by atoms with Gasteiger partial charge in [0.2, 0.25) is 0 Å². The van der Waals surface area contributed by atoms with Crippen molar-refractivity contribution in [1.29, 1.82) is 0 Å². The van der Waals surface area contributed by atoms with Crippen molar-refractivity contribution in [3.63, 3.8) is 0 Å². The van der Waals surface area contributed by atoms with Crippen LogP contribution < -0.4 is 0 Å². The van der Waals surface area contributed by atoms with E-state index in [0.29, 0.717) is 12.8 Å². The summed E-state index contributed by atoms with van der Waals surface area (Å²) >= 11 is 0. The lowest BCUT2D eigenvalue weighted by molar-refractivity contribution is -0.166. The number of aliphatic hydroxyl groups excluding tert-OH is 3. The molecule has 0 aliphatic carbocycles. The molecule has 0 saturated carbocycles. The van der Waals surface area contributed by atoms with Gasteiger partial charge in [0, 0.05) is 6.42 Å². The molecular formula is C38H77O10P. The number of rotatable bonds is 39. The average molecular weight is 725 g/mol. The molecule has 49 heavy (non-hydrogen) atoms.